The fraction of sp³-hybridized carbons (Fsp3) is 0.714. The average Bonchev–Trinajstić information content (AvgIpc) is 2.61. The zero-order valence-electron chi connectivity index (χ0n) is 11.4. The summed E-state index contributed by atoms with van der Waals surface area (Å²) in [6.07, 6.45) is 4.43. The number of nitrogens with zero attached hydrogens (tertiary/aromatic N) is 2. The molecule has 3 atom stereocenters. The molecule has 1 heterocycles. The van der Waals surface area contributed by atoms with Crippen LogP contribution in [0.3, 0.4) is 0 Å². The van der Waals surface area contributed by atoms with Gasteiger partial charge in [0.15, 0.2) is 0 Å². The van der Waals surface area contributed by atoms with E-state index < -0.39 is 0 Å². The highest BCUT2D eigenvalue weighted by Crippen LogP contribution is 2.33. The number of aryl methyl sites for hydroxylation is 1. The fourth-order valence-electron chi connectivity index (χ4n) is 2.63. The molecule has 1 fully saturated rings. The van der Waals surface area contributed by atoms with Crippen molar-refractivity contribution in [2.75, 3.05) is 5.32 Å². The van der Waals surface area contributed by atoms with Crippen LogP contribution in [0.4, 0.5) is 5.82 Å². The first-order valence-electron chi connectivity index (χ1n) is 6.90. The molecule has 1 saturated carbocycles. The van der Waals surface area contributed by atoms with Gasteiger partial charge in [0, 0.05) is 18.5 Å². The monoisotopic (exact) mass is 267 g/mol. The minimum Gasteiger partial charge on any atom is -0.367 e. The van der Waals surface area contributed by atoms with Gasteiger partial charge in [0.2, 0.25) is 0 Å². The van der Waals surface area contributed by atoms with Crippen LogP contribution in [0.1, 0.15) is 45.9 Å². The van der Waals surface area contributed by atoms with Crippen LogP contribution in [0.5, 0.6) is 0 Å². The first kappa shape index (κ1) is 13.6. The first-order valence-corrected chi connectivity index (χ1v) is 7.28. The average molecular weight is 268 g/mol. The maximum atomic E-state index is 6.05. The Morgan fingerprint density at radius 2 is 2.11 bits per heavy atom. The highest BCUT2D eigenvalue weighted by molar-refractivity contribution is 6.29. The molecule has 100 valence electrons. The molecule has 4 heteroatoms. The van der Waals surface area contributed by atoms with Crippen LogP contribution in [-0.2, 0) is 6.42 Å². The van der Waals surface area contributed by atoms with Crippen molar-refractivity contribution in [3.8, 4) is 0 Å². The molecule has 0 amide bonds. The molecule has 1 aliphatic carbocycles. The summed E-state index contributed by atoms with van der Waals surface area (Å²) >= 11 is 6.05. The van der Waals surface area contributed by atoms with Crippen molar-refractivity contribution < 1.29 is 0 Å². The Bertz CT molecular complexity index is 408. The van der Waals surface area contributed by atoms with Crippen molar-refractivity contribution in [3.63, 3.8) is 0 Å². The van der Waals surface area contributed by atoms with Gasteiger partial charge >= 0.3 is 0 Å². The number of nitrogens with one attached hydrogen (secondary N) is 1. The van der Waals surface area contributed by atoms with Crippen LogP contribution >= 0.6 is 11.6 Å². The van der Waals surface area contributed by atoms with Gasteiger partial charge < -0.3 is 5.32 Å². The van der Waals surface area contributed by atoms with E-state index in [0.29, 0.717) is 17.1 Å². The van der Waals surface area contributed by atoms with Gasteiger partial charge in [0.05, 0.1) is 0 Å². The van der Waals surface area contributed by atoms with Crippen LogP contribution in [0.15, 0.2) is 6.07 Å². The minimum atomic E-state index is 0.514. The lowest BCUT2D eigenvalue weighted by Gasteiger charge is -2.20. The topological polar surface area (TPSA) is 37.8 Å². The normalized spacial score (nSPS) is 27.4. The Morgan fingerprint density at radius 3 is 2.72 bits per heavy atom. The molecule has 0 aliphatic heterocycles. The third kappa shape index (κ3) is 3.14. The van der Waals surface area contributed by atoms with E-state index in [2.05, 4.69) is 36.1 Å². The zero-order valence-corrected chi connectivity index (χ0v) is 12.2. The van der Waals surface area contributed by atoms with Gasteiger partial charge in [0.25, 0.3) is 0 Å². The van der Waals surface area contributed by atoms with E-state index in [-0.39, 0.29) is 0 Å². The van der Waals surface area contributed by atoms with E-state index in [1.165, 1.54) is 12.8 Å². The second-order valence-corrected chi connectivity index (χ2v) is 5.79. The molecule has 0 bridgehead atoms. The molecule has 1 N–H and O–H groups in total. The fourth-order valence-corrected chi connectivity index (χ4v) is 2.83. The zero-order chi connectivity index (χ0) is 13.1. The van der Waals surface area contributed by atoms with Gasteiger partial charge in [-0.05, 0) is 31.1 Å². The Hall–Kier alpha value is -0.830. The van der Waals surface area contributed by atoms with E-state index in [0.717, 1.165) is 30.4 Å². The summed E-state index contributed by atoms with van der Waals surface area (Å²) in [7, 11) is 0. The summed E-state index contributed by atoms with van der Waals surface area (Å²) in [5.41, 5.74) is 0. The largest absolute Gasteiger partial charge is 0.367 e. The minimum absolute atomic E-state index is 0.514. The van der Waals surface area contributed by atoms with Gasteiger partial charge in [-0.2, -0.15) is 0 Å². The van der Waals surface area contributed by atoms with Gasteiger partial charge in [-0.15, -0.1) is 0 Å². The lowest BCUT2D eigenvalue weighted by atomic mass is 9.98. The third-order valence-electron chi connectivity index (χ3n) is 4.01. The van der Waals surface area contributed by atoms with E-state index in [4.69, 9.17) is 11.6 Å². The van der Waals surface area contributed by atoms with Crippen molar-refractivity contribution >= 4 is 17.4 Å². The van der Waals surface area contributed by atoms with Crippen LogP contribution in [0, 0.1) is 11.8 Å². The number of halogens is 1. The Labute approximate surface area is 114 Å². The van der Waals surface area contributed by atoms with E-state index >= 15 is 0 Å². The maximum Gasteiger partial charge on any atom is 0.134 e. The molecule has 3 nitrogen and oxygen atoms in total. The molecule has 2 rings (SSSR count). The van der Waals surface area contributed by atoms with Gasteiger partial charge in [-0.1, -0.05) is 32.4 Å². The van der Waals surface area contributed by atoms with Crippen molar-refractivity contribution in [1.82, 2.24) is 9.97 Å². The van der Waals surface area contributed by atoms with E-state index in [1.54, 1.807) is 0 Å². The Morgan fingerprint density at radius 1 is 1.33 bits per heavy atom. The van der Waals surface area contributed by atoms with Crippen LogP contribution in [-0.4, -0.2) is 16.0 Å². The second kappa shape index (κ2) is 5.87. The summed E-state index contributed by atoms with van der Waals surface area (Å²) in [5, 5.41) is 4.06. The van der Waals surface area contributed by atoms with Crippen molar-refractivity contribution in [1.29, 1.82) is 0 Å². The van der Waals surface area contributed by atoms with Crippen molar-refractivity contribution in [2.45, 2.75) is 52.5 Å². The first-order chi connectivity index (χ1) is 8.60. The molecule has 18 heavy (non-hydrogen) atoms. The summed E-state index contributed by atoms with van der Waals surface area (Å²) in [4.78, 5) is 8.79. The van der Waals surface area contributed by atoms with Gasteiger partial charge in [-0.3, -0.25) is 0 Å². The van der Waals surface area contributed by atoms with Gasteiger partial charge in [0.1, 0.15) is 16.8 Å². The third-order valence-corrected chi connectivity index (χ3v) is 4.21. The predicted octanol–water partition coefficient (Wildman–Crippen LogP) is 3.93. The van der Waals surface area contributed by atoms with Crippen LogP contribution in [0.25, 0.3) is 0 Å². The lowest BCUT2D eigenvalue weighted by Crippen LogP contribution is -2.24. The molecular formula is C14H22ClN3. The molecule has 0 saturated heterocycles. The summed E-state index contributed by atoms with van der Waals surface area (Å²) < 4.78 is 0. The number of hydrogen-bond donors (Lipinski definition) is 1. The lowest BCUT2D eigenvalue weighted by molar-refractivity contribution is 0.435. The molecule has 1 aliphatic rings. The standard InChI is InChI=1S/C14H22ClN3/c1-4-5-13-17-12(15)8-14(18-13)16-11-7-6-9(2)10(11)3/h8-11H,4-7H2,1-3H3,(H,16,17,18). The summed E-state index contributed by atoms with van der Waals surface area (Å²) in [5.74, 6) is 3.19. The number of hydrogen-bond acceptors (Lipinski definition) is 3. The second-order valence-electron chi connectivity index (χ2n) is 5.41. The van der Waals surface area contributed by atoms with Gasteiger partial charge in [-0.25, -0.2) is 9.97 Å². The summed E-state index contributed by atoms with van der Waals surface area (Å²) in [6.45, 7) is 6.75. The molecule has 0 radical (unpaired) electrons. The molecule has 3 unspecified atom stereocenters. The van der Waals surface area contributed by atoms with Crippen molar-refractivity contribution in [3.05, 3.63) is 17.0 Å². The molecule has 1 aromatic rings. The van der Waals surface area contributed by atoms with Crippen LogP contribution < -0.4 is 5.32 Å². The number of anilines is 1. The Balaban J connectivity index is 2.09. The van der Waals surface area contributed by atoms with Crippen molar-refractivity contribution in [2.24, 2.45) is 11.8 Å². The number of aromatic nitrogens is 2. The maximum absolute atomic E-state index is 6.05. The highest BCUT2D eigenvalue weighted by Gasteiger charge is 2.29. The quantitative estimate of drug-likeness (QED) is 0.840. The number of rotatable bonds is 4. The molecule has 0 spiro atoms. The van der Waals surface area contributed by atoms with E-state index in [9.17, 15) is 0 Å². The summed E-state index contributed by atoms with van der Waals surface area (Å²) in [6, 6.07) is 2.34. The predicted molar refractivity (Wildman–Crippen MR) is 76.0 cm³/mol. The SMILES string of the molecule is CCCc1nc(Cl)cc(NC2CCC(C)C2C)n1. The molecule has 0 aromatic carbocycles. The van der Waals surface area contributed by atoms with E-state index in [1.807, 2.05) is 6.07 Å². The molecular weight excluding hydrogens is 246 g/mol. The molecule has 1 aromatic heterocycles. The van der Waals surface area contributed by atoms with Crippen LogP contribution in [0.2, 0.25) is 5.15 Å². The smallest absolute Gasteiger partial charge is 0.134 e. The Kier molecular flexibility index (Phi) is 4.44. The highest BCUT2D eigenvalue weighted by atomic mass is 35.5.